The Labute approximate surface area is 125 Å². The summed E-state index contributed by atoms with van der Waals surface area (Å²) in [6, 6.07) is 8.31. The maximum absolute atomic E-state index is 12.3. The van der Waals surface area contributed by atoms with E-state index in [0.717, 1.165) is 21.7 Å². The fraction of sp³-hybridized carbons (Fsp3) is 0.250. The van der Waals surface area contributed by atoms with Crippen molar-refractivity contribution >= 4 is 32.4 Å². The van der Waals surface area contributed by atoms with Gasteiger partial charge in [0.1, 0.15) is 0 Å². The number of hydrogen-bond acceptors (Lipinski definition) is 2. The van der Waals surface area contributed by atoms with Crippen molar-refractivity contribution in [3.63, 3.8) is 0 Å². The van der Waals surface area contributed by atoms with Gasteiger partial charge < -0.3 is 10.3 Å². The quantitative estimate of drug-likeness (QED) is 0.899. The molecule has 3 rings (SSSR count). The number of carbonyl (C=O) groups is 1. The van der Waals surface area contributed by atoms with Crippen LogP contribution in [0, 0.1) is 6.92 Å². The number of carbonyl (C=O) groups excluding carboxylic acids is 1. The highest BCUT2D eigenvalue weighted by atomic mass is 32.3. The molecular weight excluding hydrogens is 282 g/mol. The lowest BCUT2D eigenvalue weighted by atomic mass is 10.1. The van der Waals surface area contributed by atoms with E-state index in [1.54, 1.807) is 6.20 Å². The zero-order chi connectivity index (χ0) is 15.0. The number of H-pyrrole nitrogens is 1. The summed E-state index contributed by atoms with van der Waals surface area (Å²) < 4.78 is 0. The molecule has 1 amide bonds. The third-order valence-electron chi connectivity index (χ3n) is 3.58. The van der Waals surface area contributed by atoms with E-state index >= 15 is 0 Å². The lowest BCUT2D eigenvalue weighted by molar-refractivity contribution is -0.117. The number of nitrogens with one attached hydrogen (secondary N) is 2. The third kappa shape index (κ3) is 2.74. The Kier molecular flexibility index (Phi) is 3.37. The molecule has 5 heteroatoms. The van der Waals surface area contributed by atoms with Gasteiger partial charge in [-0.15, -0.1) is 0 Å². The number of rotatable bonds is 3. The van der Waals surface area contributed by atoms with Crippen LogP contribution in [0.15, 0.2) is 40.4 Å². The number of fused-ring (bicyclic) bond motifs is 1. The molecule has 1 aromatic heterocycles. The highest BCUT2D eigenvalue weighted by molar-refractivity contribution is 8.46. The highest BCUT2D eigenvalue weighted by Gasteiger charge is 2.25. The van der Waals surface area contributed by atoms with E-state index in [4.69, 9.17) is 0 Å². The van der Waals surface area contributed by atoms with Crippen molar-refractivity contribution in [1.29, 1.82) is 0 Å². The van der Waals surface area contributed by atoms with E-state index in [1.807, 2.05) is 18.5 Å². The molecular formula is C16H19N3OS. The Morgan fingerprint density at radius 2 is 2.14 bits per heavy atom. The molecule has 0 atom stereocenters. The van der Waals surface area contributed by atoms with Crippen LogP contribution in [0.3, 0.4) is 0 Å². The Balaban J connectivity index is 1.70. The number of aromatic nitrogens is 1. The van der Waals surface area contributed by atoms with E-state index in [1.165, 1.54) is 5.39 Å². The largest absolute Gasteiger partial charge is 0.359 e. The fourth-order valence-electron chi connectivity index (χ4n) is 2.45. The molecule has 21 heavy (non-hydrogen) atoms. The average molecular weight is 301 g/mol. The number of hydrogen-bond donors (Lipinski definition) is 2. The summed E-state index contributed by atoms with van der Waals surface area (Å²) in [5, 5.41) is 4.17. The zero-order valence-electron chi connectivity index (χ0n) is 12.4. The first kappa shape index (κ1) is 13.9. The van der Waals surface area contributed by atoms with E-state index < -0.39 is 10.0 Å². The molecule has 1 aliphatic rings. The molecule has 0 radical (unpaired) electrons. The maximum atomic E-state index is 12.3. The molecule has 0 saturated carbocycles. The van der Waals surface area contributed by atoms with Crippen LogP contribution in [0.2, 0.25) is 0 Å². The zero-order valence-corrected chi connectivity index (χ0v) is 13.3. The Bertz CT molecular complexity index is 771. The van der Waals surface area contributed by atoms with Crippen molar-refractivity contribution in [2.24, 2.45) is 4.99 Å². The summed E-state index contributed by atoms with van der Waals surface area (Å²) in [7, 11) is -1.17. The minimum Gasteiger partial charge on any atom is -0.359 e. The smallest absolute Gasteiger partial charge is 0.258 e. The molecule has 0 fully saturated rings. The van der Waals surface area contributed by atoms with Gasteiger partial charge in [0, 0.05) is 29.5 Å². The third-order valence-corrected chi connectivity index (χ3v) is 5.65. The summed E-state index contributed by atoms with van der Waals surface area (Å²) in [4.78, 5) is 20.5. The standard InChI is InChI=1S/C16H19N3OS/c1-11-6-13-7-12(4-5-14(13)19-11)8-18-16(20)15-9-17-10-21(15,2)3/h4-7,9-10,19H,8H2,1-3H3,(H,18,20). The summed E-state index contributed by atoms with van der Waals surface area (Å²) >= 11 is 0. The number of amides is 1. The minimum absolute atomic E-state index is 0.0159. The monoisotopic (exact) mass is 301 g/mol. The van der Waals surface area contributed by atoms with E-state index in [9.17, 15) is 4.79 Å². The van der Waals surface area contributed by atoms with Crippen LogP contribution in [0.4, 0.5) is 0 Å². The molecule has 1 aromatic carbocycles. The second-order valence-corrected chi connectivity index (χ2v) is 9.17. The first-order chi connectivity index (χ1) is 9.95. The van der Waals surface area contributed by atoms with Crippen molar-refractivity contribution in [3.05, 3.63) is 46.6 Å². The van der Waals surface area contributed by atoms with Crippen molar-refractivity contribution in [1.82, 2.24) is 10.3 Å². The lowest BCUT2D eigenvalue weighted by Crippen LogP contribution is -2.25. The van der Waals surface area contributed by atoms with Crippen molar-refractivity contribution in [3.8, 4) is 0 Å². The van der Waals surface area contributed by atoms with Crippen LogP contribution in [0.25, 0.3) is 10.9 Å². The summed E-state index contributed by atoms with van der Waals surface area (Å²) in [6.07, 6.45) is 5.83. The predicted octanol–water partition coefficient (Wildman–Crippen LogP) is 3.04. The van der Waals surface area contributed by atoms with Gasteiger partial charge in [-0.2, -0.15) is 10.0 Å². The minimum atomic E-state index is -1.17. The van der Waals surface area contributed by atoms with Crippen LogP contribution in [0.5, 0.6) is 0 Å². The van der Waals surface area contributed by atoms with Gasteiger partial charge in [-0.25, -0.2) is 0 Å². The number of aryl methyl sites for hydroxylation is 1. The van der Waals surface area contributed by atoms with Gasteiger partial charge in [0.05, 0.1) is 4.91 Å². The number of benzene rings is 1. The van der Waals surface area contributed by atoms with Gasteiger partial charge in [0.15, 0.2) is 0 Å². The van der Waals surface area contributed by atoms with E-state index in [2.05, 4.69) is 46.0 Å². The number of aliphatic imine (C=N–C) groups is 1. The SMILES string of the molecule is Cc1cc2cc(CNC(=O)C3=CN=CS3(C)C)ccc2[nH]1. The molecule has 0 aliphatic carbocycles. The van der Waals surface area contributed by atoms with Crippen molar-refractivity contribution in [2.45, 2.75) is 13.5 Å². The Morgan fingerprint density at radius 1 is 1.33 bits per heavy atom. The molecule has 4 nitrogen and oxygen atoms in total. The van der Waals surface area contributed by atoms with Gasteiger partial charge in [-0.1, -0.05) is 6.07 Å². The van der Waals surface area contributed by atoms with Gasteiger partial charge in [0.2, 0.25) is 0 Å². The Hall–Kier alpha value is -2.01. The first-order valence-electron chi connectivity index (χ1n) is 6.79. The van der Waals surface area contributed by atoms with Crippen LogP contribution in [-0.4, -0.2) is 28.9 Å². The van der Waals surface area contributed by atoms with Gasteiger partial charge in [-0.05, 0) is 48.6 Å². The van der Waals surface area contributed by atoms with Crippen molar-refractivity contribution in [2.75, 3.05) is 12.5 Å². The normalized spacial score (nSPS) is 17.8. The summed E-state index contributed by atoms with van der Waals surface area (Å²) in [5.41, 5.74) is 5.25. The van der Waals surface area contributed by atoms with Crippen LogP contribution < -0.4 is 5.32 Å². The van der Waals surface area contributed by atoms with E-state index in [-0.39, 0.29) is 5.91 Å². The number of nitrogens with zero attached hydrogens (tertiary/aromatic N) is 1. The first-order valence-corrected chi connectivity index (χ1v) is 9.30. The van der Waals surface area contributed by atoms with Crippen LogP contribution >= 0.6 is 10.0 Å². The highest BCUT2D eigenvalue weighted by Crippen LogP contribution is 2.48. The molecule has 0 bridgehead atoms. The van der Waals surface area contributed by atoms with E-state index in [0.29, 0.717) is 6.54 Å². The average Bonchev–Trinajstić information content (AvgIpc) is 2.96. The topological polar surface area (TPSA) is 57.2 Å². The van der Waals surface area contributed by atoms with Crippen molar-refractivity contribution < 1.29 is 4.79 Å². The van der Waals surface area contributed by atoms with Gasteiger partial charge in [0.25, 0.3) is 5.91 Å². The fourth-order valence-corrected chi connectivity index (χ4v) is 3.81. The molecule has 1 aliphatic heterocycles. The lowest BCUT2D eigenvalue weighted by Gasteiger charge is -2.24. The van der Waals surface area contributed by atoms with Crippen LogP contribution in [-0.2, 0) is 11.3 Å². The number of aromatic amines is 1. The molecule has 0 spiro atoms. The predicted molar refractivity (Wildman–Crippen MR) is 90.9 cm³/mol. The summed E-state index contributed by atoms with van der Waals surface area (Å²) in [5.74, 6) is -0.0159. The molecule has 0 unspecified atom stereocenters. The Morgan fingerprint density at radius 3 is 2.86 bits per heavy atom. The molecule has 2 aromatic rings. The van der Waals surface area contributed by atoms with Crippen LogP contribution in [0.1, 0.15) is 11.3 Å². The second kappa shape index (κ2) is 5.07. The molecule has 110 valence electrons. The summed E-state index contributed by atoms with van der Waals surface area (Å²) in [6.45, 7) is 2.57. The van der Waals surface area contributed by atoms with Gasteiger partial charge in [-0.3, -0.25) is 9.79 Å². The molecule has 2 heterocycles. The molecule has 2 N–H and O–H groups in total. The maximum Gasteiger partial charge on any atom is 0.258 e. The molecule has 0 saturated heterocycles. The van der Waals surface area contributed by atoms with Gasteiger partial charge >= 0.3 is 0 Å². The second-order valence-electron chi connectivity index (χ2n) is 5.71.